The Bertz CT molecular complexity index is 670. The van der Waals surface area contributed by atoms with Crippen molar-refractivity contribution >= 4 is 28.8 Å². The van der Waals surface area contributed by atoms with E-state index in [4.69, 9.17) is 5.73 Å². The summed E-state index contributed by atoms with van der Waals surface area (Å²) in [4.78, 5) is 32.8. The first-order valence-corrected chi connectivity index (χ1v) is 5.98. The van der Waals surface area contributed by atoms with Crippen LogP contribution >= 0.6 is 0 Å². The van der Waals surface area contributed by atoms with Crippen LogP contribution < -0.4 is 10.6 Å². The number of nitro benzene ring substituents is 2. The first-order valence-electron chi connectivity index (χ1n) is 5.98. The van der Waals surface area contributed by atoms with Crippen LogP contribution in [0.25, 0.3) is 0 Å². The summed E-state index contributed by atoms with van der Waals surface area (Å²) >= 11 is 0. The number of rotatable bonds is 4. The highest BCUT2D eigenvalue weighted by Crippen LogP contribution is 2.28. The monoisotopic (exact) mass is 302 g/mol. The minimum absolute atomic E-state index is 0.128. The van der Waals surface area contributed by atoms with Crippen LogP contribution in [0.3, 0.4) is 0 Å². The molecule has 0 radical (unpaired) electrons. The molecule has 0 aliphatic heterocycles. The number of carbonyl (C=O) groups excluding carboxylic acids is 1. The number of hydrogen-bond donors (Lipinski definition) is 1. The van der Waals surface area contributed by atoms with Crippen LogP contribution in [0, 0.1) is 20.2 Å². The maximum Gasteiger partial charge on any atom is 0.323 e. The number of nitro groups is 2. The summed E-state index contributed by atoms with van der Waals surface area (Å²) in [5.74, 6) is 0. The number of nitrogens with zero attached hydrogens (tertiary/aromatic N) is 3. The van der Waals surface area contributed by atoms with Crippen molar-refractivity contribution in [3.63, 3.8) is 0 Å². The van der Waals surface area contributed by atoms with E-state index in [2.05, 4.69) is 0 Å². The van der Waals surface area contributed by atoms with Crippen molar-refractivity contribution in [2.45, 2.75) is 0 Å². The molecular formula is C13H10N4O5. The van der Waals surface area contributed by atoms with Gasteiger partial charge in [0.15, 0.2) is 0 Å². The van der Waals surface area contributed by atoms with Crippen molar-refractivity contribution in [1.29, 1.82) is 0 Å². The van der Waals surface area contributed by atoms with Crippen molar-refractivity contribution in [3.8, 4) is 0 Å². The van der Waals surface area contributed by atoms with Gasteiger partial charge in [0.25, 0.3) is 11.4 Å². The molecular weight excluding hydrogens is 292 g/mol. The van der Waals surface area contributed by atoms with Crippen molar-refractivity contribution in [2.24, 2.45) is 5.73 Å². The number of primary amides is 1. The first kappa shape index (κ1) is 14.9. The van der Waals surface area contributed by atoms with Crippen LogP contribution in [0.4, 0.5) is 27.5 Å². The zero-order valence-corrected chi connectivity index (χ0v) is 11.1. The van der Waals surface area contributed by atoms with E-state index in [1.165, 1.54) is 48.5 Å². The van der Waals surface area contributed by atoms with Gasteiger partial charge in [0.2, 0.25) is 0 Å². The quantitative estimate of drug-likeness (QED) is 0.684. The molecule has 0 fully saturated rings. The number of anilines is 2. The molecule has 0 aliphatic rings. The molecule has 0 atom stereocenters. The molecule has 0 spiro atoms. The van der Waals surface area contributed by atoms with Crippen molar-refractivity contribution in [2.75, 3.05) is 4.90 Å². The molecule has 0 unspecified atom stereocenters. The van der Waals surface area contributed by atoms with Crippen molar-refractivity contribution in [1.82, 2.24) is 0 Å². The third-order valence-electron chi connectivity index (χ3n) is 2.86. The molecule has 0 aromatic heterocycles. The number of carbonyl (C=O) groups is 1. The van der Waals surface area contributed by atoms with E-state index >= 15 is 0 Å². The Morgan fingerprint density at radius 2 is 1.14 bits per heavy atom. The first-order chi connectivity index (χ1) is 10.4. The lowest BCUT2D eigenvalue weighted by atomic mass is 10.2. The molecule has 22 heavy (non-hydrogen) atoms. The number of urea groups is 1. The van der Waals surface area contributed by atoms with Gasteiger partial charge in [0, 0.05) is 24.3 Å². The standard InChI is InChI=1S/C13H10N4O5/c14-13(18)15(9-1-5-11(6-2-9)16(19)20)10-3-7-12(8-4-10)17(21)22/h1-8H,(H2,14,18). The summed E-state index contributed by atoms with van der Waals surface area (Å²) in [6.07, 6.45) is 0. The second kappa shape index (κ2) is 5.87. The summed E-state index contributed by atoms with van der Waals surface area (Å²) in [7, 11) is 0. The predicted molar refractivity (Wildman–Crippen MR) is 77.9 cm³/mol. The Morgan fingerprint density at radius 1 is 0.818 bits per heavy atom. The van der Waals surface area contributed by atoms with E-state index in [-0.39, 0.29) is 11.4 Å². The Morgan fingerprint density at radius 3 is 1.36 bits per heavy atom. The van der Waals surface area contributed by atoms with Gasteiger partial charge in [0.05, 0.1) is 21.2 Å². The average molecular weight is 302 g/mol. The molecule has 9 heteroatoms. The van der Waals surface area contributed by atoms with Crippen LogP contribution in [0.5, 0.6) is 0 Å². The molecule has 0 bridgehead atoms. The molecule has 2 rings (SSSR count). The molecule has 9 nitrogen and oxygen atoms in total. The molecule has 112 valence electrons. The van der Waals surface area contributed by atoms with Gasteiger partial charge in [-0.1, -0.05) is 0 Å². The molecule has 0 heterocycles. The lowest BCUT2D eigenvalue weighted by Crippen LogP contribution is -2.31. The van der Waals surface area contributed by atoms with Crippen LogP contribution in [-0.2, 0) is 0 Å². The third-order valence-corrected chi connectivity index (χ3v) is 2.86. The fourth-order valence-electron chi connectivity index (χ4n) is 1.85. The zero-order valence-electron chi connectivity index (χ0n) is 11.1. The summed E-state index contributed by atoms with van der Waals surface area (Å²) < 4.78 is 0. The van der Waals surface area contributed by atoms with Gasteiger partial charge in [-0.25, -0.2) is 4.79 Å². The molecule has 2 aromatic rings. The van der Waals surface area contributed by atoms with Crippen LogP contribution in [0.15, 0.2) is 48.5 Å². The van der Waals surface area contributed by atoms with Crippen molar-refractivity contribution < 1.29 is 14.6 Å². The van der Waals surface area contributed by atoms with E-state index in [1.54, 1.807) is 0 Å². The summed E-state index contributed by atoms with van der Waals surface area (Å²) in [6.45, 7) is 0. The Balaban J connectivity index is 2.39. The number of amides is 2. The van der Waals surface area contributed by atoms with Crippen LogP contribution in [-0.4, -0.2) is 15.9 Å². The number of non-ortho nitro benzene ring substituents is 2. The Kier molecular flexibility index (Phi) is 3.98. The fourth-order valence-corrected chi connectivity index (χ4v) is 1.85. The minimum Gasteiger partial charge on any atom is -0.351 e. The predicted octanol–water partition coefficient (Wildman–Crippen LogP) is 2.72. The smallest absolute Gasteiger partial charge is 0.323 e. The maximum absolute atomic E-state index is 11.6. The topological polar surface area (TPSA) is 133 Å². The second-order valence-corrected chi connectivity index (χ2v) is 4.22. The van der Waals surface area contributed by atoms with E-state index in [0.29, 0.717) is 11.4 Å². The molecule has 0 aliphatic carbocycles. The Hall–Kier alpha value is -3.49. The zero-order chi connectivity index (χ0) is 16.3. The van der Waals surface area contributed by atoms with E-state index in [0.717, 1.165) is 4.90 Å². The average Bonchev–Trinajstić information content (AvgIpc) is 2.48. The van der Waals surface area contributed by atoms with Gasteiger partial charge >= 0.3 is 6.03 Å². The Labute approximate surface area is 123 Å². The van der Waals surface area contributed by atoms with E-state index in [9.17, 15) is 25.0 Å². The van der Waals surface area contributed by atoms with Gasteiger partial charge < -0.3 is 5.73 Å². The van der Waals surface area contributed by atoms with Gasteiger partial charge in [-0.3, -0.25) is 25.1 Å². The molecule has 2 amide bonds. The lowest BCUT2D eigenvalue weighted by molar-refractivity contribution is -0.385. The highest BCUT2D eigenvalue weighted by atomic mass is 16.6. The van der Waals surface area contributed by atoms with Gasteiger partial charge in [-0.2, -0.15) is 0 Å². The number of hydrogen-bond acceptors (Lipinski definition) is 5. The molecule has 0 saturated heterocycles. The highest BCUT2D eigenvalue weighted by molar-refractivity contribution is 5.98. The van der Waals surface area contributed by atoms with E-state index < -0.39 is 15.9 Å². The number of benzene rings is 2. The molecule has 2 aromatic carbocycles. The van der Waals surface area contributed by atoms with E-state index in [1.807, 2.05) is 0 Å². The summed E-state index contributed by atoms with van der Waals surface area (Å²) in [6, 6.07) is 9.58. The van der Waals surface area contributed by atoms with Gasteiger partial charge in [-0.15, -0.1) is 0 Å². The van der Waals surface area contributed by atoms with Gasteiger partial charge in [-0.05, 0) is 24.3 Å². The minimum atomic E-state index is -0.817. The second-order valence-electron chi connectivity index (χ2n) is 4.22. The highest BCUT2D eigenvalue weighted by Gasteiger charge is 2.17. The van der Waals surface area contributed by atoms with Crippen molar-refractivity contribution in [3.05, 3.63) is 68.8 Å². The van der Waals surface area contributed by atoms with Crippen LogP contribution in [0.2, 0.25) is 0 Å². The maximum atomic E-state index is 11.6. The molecule has 0 saturated carbocycles. The summed E-state index contributed by atoms with van der Waals surface area (Å²) in [5, 5.41) is 21.2. The third kappa shape index (κ3) is 2.98. The number of nitrogens with two attached hydrogens (primary N) is 1. The molecule has 2 N–H and O–H groups in total. The van der Waals surface area contributed by atoms with Gasteiger partial charge in [0.1, 0.15) is 0 Å². The SMILES string of the molecule is NC(=O)N(c1ccc([N+](=O)[O-])cc1)c1ccc([N+](=O)[O-])cc1. The van der Waals surface area contributed by atoms with Crippen LogP contribution in [0.1, 0.15) is 0 Å². The normalized spacial score (nSPS) is 10.0. The summed E-state index contributed by atoms with van der Waals surface area (Å²) in [5.41, 5.74) is 5.68. The fraction of sp³-hybridized carbons (Fsp3) is 0. The largest absolute Gasteiger partial charge is 0.351 e. The lowest BCUT2D eigenvalue weighted by Gasteiger charge is -2.20.